The fraction of sp³-hybridized carbons (Fsp3) is 0.793. The highest BCUT2D eigenvalue weighted by Gasteiger charge is 2.09. The predicted octanol–water partition coefficient (Wildman–Crippen LogP) is 9.21. The Morgan fingerprint density at radius 3 is 1.69 bits per heavy atom. The first-order valence-electron chi connectivity index (χ1n) is 13.6. The van der Waals surface area contributed by atoms with Crippen molar-refractivity contribution in [1.29, 1.82) is 0 Å². The summed E-state index contributed by atoms with van der Waals surface area (Å²) in [6.45, 7) is 4.56. The zero-order valence-corrected chi connectivity index (χ0v) is 22.1. The molecule has 1 rings (SSSR count). The van der Waals surface area contributed by atoms with E-state index in [2.05, 4.69) is 37.4 Å². The molecule has 1 aromatic rings. The van der Waals surface area contributed by atoms with E-state index in [0.717, 1.165) is 12.4 Å². The van der Waals surface area contributed by atoms with Crippen LogP contribution in [0.2, 0.25) is 0 Å². The lowest BCUT2D eigenvalue weighted by Gasteiger charge is -2.17. The normalized spacial score (nSPS) is 12.3. The Labute approximate surface area is 204 Å². The van der Waals surface area contributed by atoms with E-state index in [0.29, 0.717) is 13.2 Å². The van der Waals surface area contributed by atoms with E-state index in [1.807, 2.05) is 17.8 Å². The maximum Gasteiger partial charge on any atom is 0.0903 e. The Hall–Kier alpha value is -0.510. The van der Waals surface area contributed by atoms with Gasteiger partial charge in [-0.25, -0.2) is 0 Å². The molecule has 186 valence electrons. The number of hydrogen-bond donors (Lipinski definition) is 0. The highest BCUT2D eigenvalue weighted by Crippen LogP contribution is 2.14. The summed E-state index contributed by atoms with van der Waals surface area (Å²) in [5.41, 5.74) is 1.23. The zero-order chi connectivity index (χ0) is 23.0. The lowest BCUT2D eigenvalue weighted by molar-refractivity contribution is -0.0129. The van der Waals surface area contributed by atoms with Crippen LogP contribution in [-0.2, 0) is 16.1 Å². The highest BCUT2D eigenvalue weighted by atomic mass is 32.2. The summed E-state index contributed by atoms with van der Waals surface area (Å²) >= 11 is 1.83. The van der Waals surface area contributed by atoms with Crippen LogP contribution in [0.25, 0.3) is 0 Å². The van der Waals surface area contributed by atoms with Crippen molar-refractivity contribution in [2.24, 2.45) is 0 Å². The van der Waals surface area contributed by atoms with Crippen molar-refractivity contribution in [3.8, 4) is 0 Å². The molecule has 1 aromatic carbocycles. The van der Waals surface area contributed by atoms with Gasteiger partial charge >= 0.3 is 0 Å². The topological polar surface area (TPSA) is 18.5 Å². The van der Waals surface area contributed by atoms with Crippen molar-refractivity contribution < 1.29 is 9.47 Å². The van der Waals surface area contributed by atoms with Crippen LogP contribution >= 0.6 is 11.8 Å². The first kappa shape index (κ1) is 29.5. The Balaban J connectivity index is 1.82. The fourth-order valence-corrected chi connectivity index (χ4v) is 4.65. The second-order valence-corrected chi connectivity index (χ2v) is 10.2. The van der Waals surface area contributed by atoms with Crippen LogP contribution < -0.4 is 0 Å². The summed E-state index contributed by atoms with van der Waals surface area (Å²) in [4.78, 5) is 0. The lowest BCUT2D eigenvalue weighted by atomic mass is 10.0. The maximum atomic E-state index is 6.06. The molecule has 3 heteroatoms. The number of benzene rings is 1. The second kappa shape index (κ2) is 23.6. The van der Waals surface area contributed by atoms with Gasteiger partial charge in [0.1, 0.15) is 0 Å². The summed E-state index contributed by atoms with van der Waals surface area (Å²) in [5.74, 6) is 0.992. The molecule has 0 aromatic heterocycles. The molecular formula is C29H52O2S. The quantitative estimate of drug-likeness (QED) is 0.142. The number of rotatable bonds is 24. The number of hydrogen-bond acceptors (Lipinski definition) is 3. The molecular weight excluding hydrogens is 412 g/mol. The summed E-state index contributed by atoms with van der Waals surface area (Å²) in [7, 11) is 0. The fourth-order valence-electron chi connectivity index (χ4n) is 4.09. The molecule has 2 nitrogen and oxygen atoms in total. The molecule has 0 amide bonds. The smallest absolute Gasteiger partial charge is 0.0903 e. The highest BCUT2D eigenvalue weighted by molar-refractivity contribution is 7.98. The van der Waals surface area contributed by atoms with Gasteiger partial charge in [0, 0.05) is 12.4 Å². The molecule has 0 aliphatic rings. The largest absolute Gasteiger partial charge is 0.379 e. The first-order chi connectivity index (χ1) is 15.9. The molecule has 0 radical (unpaired) electrons. The van der Waals surface area contributed by atoms with Crippen molar-refractivity contribution in [3.05, 3.63) is 35.9 Å². The third-order valence-electron chi connectivity index (χ3n) is 6.13. The van der Waals surface area contributed by atoms with Crippen molar-refractivity contribution in [1.82, 2.24) is 0 Å². The van der Waals surface area contributed by atoms with Gasteiger partial charge < -0.3 is 9.47 Å². The van der Waals surface area contributed by atoms with E-state index in [4.69, 9.17) is 9.47 Å². The van der Waals surface area contributed by atoms with Gasteiger partial charge in [-0.2, -0.15) is 11.8 Å². The maximum absolute atomic E-state index is 6.06. The standard InChI is InChI=1S/C29H52O2S/c1-3-4-5-6-7-8-9-10-11-12-13-14-15-16-17-21-24-30-26-29(27-32-2)31-25-28-22-19-18-20-23-28/h18-20,22-23,29H,3-17,21,24-27H2,1-2H3. The van der Waals surface area contributed by atoms with Gasteiger partial charge in [0.25, 0.3) is 0 Å². The van der Waals surface area contributed by atoms with Crippen molar-refractivity contribution in [3.63, 3.8) is 0 Å². The molecule has 0 bridgehead atoms. The Morgan fingerprint density at radius 1 is 0.688 bits per heavy atom. The van der Waals surface area contributed by atoms with E-state index in [-0.39, 0.29) is 6.10 Å². The van der Waals surface area contributed by atoms with Gasteiger partial charge in [0.15, 0.2) is 0 Å². The Morgan fingerprint density at radius 2 is 1.19 bits per heavy atom. The first-order valence-corrected chi connectivity index (χ1v) is 15.0. The van der Waals surface area contributed by atoms with Crippen LogP contribution in [0, 0.1) is 0 Å². The molecule has 0 aliphatic carbocycles. The minimum atomic E-state index is 0.186. The van der Waals surface area contributed by atoms with E-state index >= 15 is 0 Å². The van der Waals surface area contributed by atoms with Crippen LogP contribution in [0.1, 0.15) is 115 Å². The van der Waals surface area contributed by atoms with E-state index in [1.165, 1.54) is 108 Å². The number of thioether (sulfide) groups is 1. The molecule has 1 unspecified atom stereocenters. The molecule has 0 saturated carbocycles. The molecule has 0 fully saturated rings. The van der Waals surface area contributed by atoms with Crippen molar-refractivity contribution >= 4 is 11.8 Å². The summed E-state index contributed by atoms with van der Waals surface area (Å²) in [6.07, 6.45) is 24.8. The lowest BCUT2D eigenvalue weighted by Crippen LogP contribution is -2.23. The minimum absolute atomic E-state index is 0.186. The van der Waals surface area contributed by atoms with Crippen LogP contribution in [0.5, 0.6) is 0 Å². The molecule has 0 spiro atoms. The minimum Gasteiger partial charge on any atom is -0.379 e. The summed E-state index contributed by atoms with van der Waals surface area (Å²) in [6, 6.07) is 10.4. The van der Waals surface area contributed by atoms with Crippen LogP contribution in [0.15, 0.2) is 30.3 Å². The molecule has 0 heterocycles. The Bertz CT molecular complexity index is 479. The summed E-state index contributed by atoms with van der Waals surface area (Å²) < 4.78 is 12.0. The average molecular weight is 465 g/mol. The van der Waals surface area contributed by atoms with Gasteiger partial charge in [0.05, 0.1) is 19.3 Å². The predicted molar refractivity (Wildman–Crippen MR) is 144 cm³/mol. The average Bonchev–Trinajstić information content (AvgIpc) is 2.82. The third kappa shape index (κ3) is 19.0. The number of ether oxygens (including phenoxy) is 2. The van der Waals surface area contributed by atoms with Crippen LogP contribution in [-0.4, -0.2) is 31.3 Å². The van der Waals surface area contributed by atoms with Crippen LogP contribution in [0.4, 0.5) is 0 Å². The SMILES string of the molecule is CCCCCCCCCCCCCCCCCCOCC(CSC)OCc1ccccc1. The van der Waals surface area contributed by atoms with Crippen molar-refractivity contribution in [2.75, 3.05) is 25.2 Å². The van der Waals surface area contributed by atoms with Crippen LogP contribution in [0.3, 0.4) is 0 Å². The molecule has 0 saturated heterocycles. The van der Waals surface area contributed by atoms with Gasteiger partial charge in [0.2, 0.25) is 0 Å². The van der Waals surface area contributed by atoms with E-state index in [9.17, 15) is 0 Å². The second-order valence-electron chi connectivity index (χ2n) is 9.25. The van der Waals surface area contributed by atoms with Gasteiger partial charge in [-0.3, -0.25) is 0 Å². The zero-order valence-electron chi connectivity index (χ0n) is 21.3. The third-order valence-corrected chi connectivity index (χ3v) is 6.83. The van der Waals surface area contributed by atoms with E-state index in [1.54, 1.807) is 0 Å². The van der Waals surface area contributed by atoms with Gasteiger partial charge in [-0.15, -0.1) is 0 Å². The molecule has 0 aliphatic heterocycles. The Kier molecular flexibility index (Phi) is 21.8. The number of unbranched alkanes of at least 4 members (excludes halogenated alkanes) is 15. The molecule has 32 heavy (non-hydrogen) atoms. The van der Waals surface area contributed by atoms with Gasteiger partial charge in [-0.1, -0.05) is 134 Å². The van der Waals surface area contributed by atoms with Crippen molar-refractivity contribution in [2.45, 2.75) is 122 Å². The van der Waals surface area contributed by atoms with Gasteiger partial charge in [-0.05, 0) is 18.2 Å². The summed E-state index contributed by atoms with van der Waals surface area (Å²) in [5, 5.41) is 0. The molecule has 1 atom stereocenters. The van der Waals surface area contributed by atoms with E-state index < -0.39 is 0 Å². The monoisotopic (exact) mass is 464 g/mol. The molecule has 0 N–H and O–H groups in total.